The molecule has 0 aliphatic heterocycles. The molecule has 0 radical (unpaired) electrons. The molecule has 144 valence electrons. The minimum absolute atomic E-state index is 0.106. The number of carbonyl (C=O) groups excluding carboxylic acids is 1. The Hall–Kier alpha value is -1.20. The van der Waals surface area contributed by atoms with Gasteiger partial charge in [0.1, 0.15) is 5.69 Å². The lowest BCUT2D eigenvalue weighted by Gasteiger charge is -2.13. The van der Waals surface area contributed by atoms with Crippen LogP contribution in [0.1, 0.15) is 10.5 Å². The summed E-state index contributed by atoms with van der Waals surface area (Å²) in [4.78, 5) is 16.4. The number of esters is 1. The van der Waals surface area contributed by atoms with Crippen LogP contribution in [0.5, 0.6) is 0 Å². The molecular weight excluding hydrogens is 487 g/mol. The second-order valence-corrected chi connectivity index (χ2v) is 7.98. The summed E-state index contributed by atoms with van der Waals surface area (Å²) in [5.41, 5.74) is 2.33. The Balaban J connectivity index is 2.31. The van der Waals surface area contributed by atoms with Crippen molar-refractivity contribution in [1.29, 1.82) is 0 Å². The number of ether oxygens (including phenoxy) is 1. The van der Waals surface area contributed by atoms with Crippen molar-refractivity contribution in [1.82, 2.24) is 4.98 Å². The SMILES string of the molecule is COC(=O)c1ccc(-c2cc(Cl)c(Cl)c(Cl)c2)c(-c2cc(Cl)c(Cl)c(Cl)c2)n1. The number of pyridine rings is 1. The molecule has 3 nitrogen and oxygen atoms in total. The average Bonchev–Trinajstić information content (AvgIpc) is 2.68. The third kappa shape index (κ3) is 4.20. The third-order valence-electron chi connectivity index (χ3n) is 3.84. The standard InChI is InChI=1S/C19H9Cl6NO2/c1-28-19(27)15-3-2-10(8-4-11(20)16(24)12(21)5-8)18(26-15)9-6-13(22)17(25)14(23)7-9/h2-7H,1H3. The van der Waals surface area contributed by atoms with E-state index in [1.54, 1.807) is 30.3 Å². The molecule has 0 amide bonds. The van der Waals surface area contributed by atoms with Crippen LogP contribution in [0.3, 0.4) is 0 Å². The van der Waals surface area contributed by atoms with Gasteiger partial charge in [0, 0.05) is 11.1 Å². The highest BCUT2D eigenvalue weighted by Crippen LogP contribution is 2.41. The number of rotatable bonds is 3. The fourth-order valence-electron chi connectivity index (χ4n) is 2.53. The van der Waals surface area contributed by atoms with Crippen LogP contribution in [0, 0.1) is 0 Å². The van der Waals surface area contributed by atoms with E-state index in [0.29, 0.717) is 22.4 Å². The first kappa shape index (κ1) is 21.5. The van der Waals surface area contributed by atoms with E-state index in [0.717, 1.165) is 0 Å². The van der Waals surface area contributed by atoms with Crippen LogP contribution in [0.2, 0.25) is 30.1 Å². The maximum atomic E-state index is 12.0. The minimum atomic E-state index is -0.592. The van der Waals surface area contributed by atoms with Gasteiger partial charge in [-0.25, -0.2) is 9.78 Å². The molecule has 0 N–H and O–H groups in total. The molecule has 1 aromatic heterocycles. The molecule has 0 aliphatic carbocycles. The molecule has 1 heterocycles. The number of nitrogens with zero attached hydrogens (tertiary/aromatic N) is 1. The molecule has 0 bridgehead atoms. The van der Waals surface area contributed by atoms with Crippen LogP contribution in [0.25, 0.3) is 22.4 Å². The van der Waals surface area contributed by atoms with Crippen LogP contribution < -0.4 is 0 Å². The molecule has 28 heavy (non-hydrogen) atoms. The molecule has 0 saturated carbocycles. The molecule has 9 heteroatoms. The van der Waals surface area contributed by atoms with E-state index in [2.05, 4.69) is 4.98 Å². The number of methoxy groups -OCH3 is 1. The van der Waals surface area contributed by atoms with Gasteiger partial charge in [-0.3, -0.25) is 0 Å². The number of carbonyl (C=O) groups is 1. The highest BCUT2D eigenvalue weighted by molar-refractivity contribution is 6.49. The highest BCUT2D eigenvalue weighted by atomic mass is 35.5. The number of halogens is 6. The summed E-state index contributed by atoms with van der Waals surface area (Å²) in [6.07, 6.45) is 0. The van der Waals surface area contributed by atoms with Crippen LogP contribution in [-0.2, 0) is 4.74 Å². The number of benzene rings is 2. The molecule has 0 spiro atoms. The fourth-order valence-corrected chi connectivity index (χ4v) is 3.73. The van der Waals surface area contributed by atoms with Crippen molar-refractivity contribution in [2.24, 2.45) is 0 Å². The highest BCUT2D eigenvalue weighted by Gasteiger charge is 2.18. The van der Waals surface area contributed by atoms with E-state index >= 15 is 0 Å². The second kappa shape index (κ2) is 8.66. The molecule has 0 atom stereocenters. The molecule has 0 fully saturated rings. The minimum Gasteiger partial charge on any atom is -0.464 e. The van der Waals surface area contributed by atoms with Gasteiger partial charge in [-0.2, -0.15) is 0 Å². The zero-order valence-corrected chi connectivity index (χ0v) is 18.5. The van der Waals surface area contributed by atoms with Gasteiger partial charge in [0.25, 0.3) is 0 Å². The zero-order chi connectivity index (χ0) is 20.6. The van der Waals surface area contributed by atoms with Crippen molar-refractivity contribution in [3.63, 3.8) is 0 Å². The Labute approximate surface area is 191 Å². The fraction of sp³-hybridized carbons (Fsp3) is 0.0526. The van der Waals surface area contributed by atoms with Crippen molar-refractivity contribution in [3.05, 3.63) is 72.2 Å². The van der Waals surface area contributed by atoms with Crippen LogP contribution >= 0.6 is 69.6 Å². The Kier molecular flexibility index (Phi) is 6.65. The van der Waals surface area contributed by atoms with Gasteiger partial charge in [-0.15, -0.1) is 0 Å². The summed E-state index contributed by atoms with van der Waals surface area (Å²) in [6.45, 7) is 0. The van der Waals surface area contributed by atoms with Gasteiger partial charge in [-0.05, 0) is 42.0 Å². The molecule has 0 unspecified atom stereocenters. The zero-order valence-electron chi connectivity index (χ0n) is 14.0. The summed E-state index contributed by atoms with van der Waals surface area (Å²) >= 11 is 36.8. The average molecular weight is 496 g/mol. The lowest BCUT2D eigenvalue weighted by molar-refractivity contribution is 0.0594. The number of aromatic nitrogens is 1. The lowest BCUT2D eigenvalue weighted by Crippen LogP contribution is -2.05. The lowest BCUT2D eigenvalue weighted by atomic mass is 9.98. The molecule has 0 saturated heterocycles. The summed E-state index contributed by atoms with van der Waals surface area (Å²) < 4.78 is 4.76. The Morgan fingerprint density at radius 2 is 1.25 bits per heavy atom. The van der Waals surface area contributed by atoms with Gasteiger partial charge in [0.2, 0.25) is 0 Å². The maximum absolute atomic E-state index is 12.0. The summed E-state index contributed by atoms with van der Waals surface area (Å²) in [6, 6.07) is 9.71. The first-order valence-electron chi connectivity index (χ1n) is 7.62. The Morgan fingerprint density at radius 1 is 0.786 bits per heavy atom. The van der Waals surface area contributed by atoms with Crippen LogP contribution in [0.15, 0.2) is 36.4 Å². The predicted octanol–water partition coefficient (Wildman–Crippen LogP) is 8.12. The van der Waals surface area contributed by atoms with Gasteiger partial charge in [-0.1, -0.05) is 69.6 Å². The van der Waals surface area contributed by atoms with Crippen molar-refractivity contribution < 1.29 is 9.53 Å². The molecule has 3 aromatic rings. The van der Waals surface area contributed by atoms with Crippen molar-refractivity contribution in [3.8, 4) is 22.4 Å². The van der Waals surface area contributed by atoms with E-state index in [-0.39, 0.29) is 35.8 Å². The topological polar surface area (TPSA) is 39.2 Å². The molecular formula is C19H9Cl6NO2. The van der Waals surface area contributed by atoms with Crippen molar-refractivity contribution >= 4 is 75.6 Å². The normalized spacial score (nSPS) is 10.8. The summed E-state index contributed by atoms with van der Waals surface area (Å²) in [7, 11) is 1.27. The molecule has 3 rings (SSSR count). The number of hydrogen-bond acceptors (Lipinski definition) is 3. The second-order valence-electron chi connectivity index (χ2n) is 5.59. The first-order chi connectivity index (χ1) is 13.2. The van der Waals surface area contributed by atoms with E-state index in [1.165, 1.54) is 13.2 Å². The van der Waals surface area contributed by atoms with E-state index in [1.807, 2.05) is 0 Å². The van der Waals surface area contributed by atoms with Gasteiger partial charge in [0.15, 0.2) is 0 Å². The van der Waals surface area contributed by atoms with Gasteiger partial charge < -0.3 is 4.74 Å². The van der Waals surface area contributed by atoms with E-state index in [9.17, 15) is 4.79 Å². The largest absolute Gasteiger partial charge is 0.464 e. The van der Waals surface area contributed by atoms with Crippen LogP contribution in [-0.4, -0.2) is 18.1 Å². The first-order valence-corrected chi connectivity index (χ1v) is 9.89. The van der Waals surface area contributed by atoms with Gasteiger partial charge in [0.05, 0.1) is 42.9 Å². The smallest absolute Gasteiger partial charge is 0.356 e. The predicted molar refractivity (Wildman–Crippen MR) is 117 cm³/mol. The number of hydrogen-bond donors (Lipinski definition) is 0. The monoisotopic (exact) mass is 493 g/mol. The summed E-state index contributed by atoms with van der Waals surface area (Å²) in [5, 5.41) is 1.50. The molecule has 2 aromatic carbocycles. The van der Waals surface area contributed by atoms with Gasteiger partial charge >= 0.3 is 5.97 Å². The van der Waals surface area contributed by atoms with E-state index in [4.69, 9.17) is 74.3 Å². The van der Waals surface area contributed by atoms with Crippen molar-refractivity contribution in [2.45, 2.75) is 0 Å². The maximum Gasteiger partial charge on any atom is 0.356 e. The summed E-state index contributed by atoms with van der Waals surface area (Å²) in [5.74, 6) is -0.592. The Morgan fingerprint density at radius 3 is 1.71 bits per heavy atom. The Bertz CT molecular complexity index is 1050. The van der Waals surface area contributed by atoms with Crippen molar-refractivity contribution in [2.75, 3.05) is 7.11 Å². The molecule has 0 aliphatic rings. The quantitative estimate of drug-likeness (QED) is 0.272. The third-order valence-corrected chi connectivity index (χ3v) is 6.24. The van der Waals surface area contributed by atoms with Crippen LogP contribution in [0.4, 0.5) is 0 Å². The van der Waals surface area contributed by atoms with E-state index < -0.39 is 5.97 Å².